The Labute approximate surface area is 168 Å². The Morgan fingerprint density at radius 2 is 1.74 bits per heavy atom. The highest BCUT2D eigenvalue weighted by molar-refractivity contribution is 6.36. The molecular weight excluding hydrogens is 383 g/mol. The first-order chi connectivity index (χ1) is 13.1. The number of anilines is 2. The van der Waals surface area contributed by atoms with Crippen LogP contribution in [0.1, 0.15) is 5.56 Å². The lowest BCUT2D eigenvalue weighted by Gasteiger charge is -2.11. The maximum Gasteiger partial charge on any atom is 0.243 e. The highest BCUT2D eigenvalue weighted by Crippen LogP contribution is 2.25. The summed E-state index contributed by atoms with van der Waals surface area (Å²) in [6.45, 7) is 0.584. The van der Waals surface area contributed by atoms with E-state index < -0.39 is 0 Å². The van der Waals surface area contributed by atoms with Crippen LogP contribution in [0, 0.1) is 0 Å². The third-order valence-electron chi connectivity index (χ3n) is 3.74. The first-order valence-corrected chi connectivity index (χ1v) is 9.11. The number of ether oxygens (including phenoxy) is 1. The molecule has 0 aromatic heterocycles. The molecule has 4 nitrogen and oxygen atoms in total. The van der Waals surface area contributed by atoms with E-state index in [0.29, 0.717) is 22.3 Å². The second-order valence-corrected chi connectivity index (χ2v) is 6.67. The van der Waals surface area contributed by atoms with E-state index >= 15 is 0 Å². The summed E-state index contributed by atoms with van der Waals surface area (Å²) >= 11 is 11.9. The van der Waals surface area contributed by atoms with Crippen molar-refractivity contribution in [1.29, 1.82) is 0 Å². The number of benzene rings is 3. The van der Waals surface area contributed by atoms with E-state index in [-0.39, 0.29) is 12.5 Å². The molecule has 0 aliphatic rings. The first-order valence-electron chi connectivity index (χ1n) is 8.36. The van der Waals surface area contributed by atoms with Crippen molar-refractivity contribution in [2.24, 2.45) is 0 Å². The zero-order chi connectivity index (χ0) is 19.1. The van der Waals surface area contributed by atoms with Crippen molar-refractivity contribution < 1.29 is 9.53 Å². The third-order valence-corrected chi connectivity index (χ3v) is 4.29. The lowest BCUT2D eigenvalue weighted by molar-refractivity contribution is -0.114. The summed E-state index contributed by atoms with van der Waals surface area (Å²) in [5, 5.41) is 6.73. The van der Waals surface area contributed by atoms with Gasteiger partial charge in [0, 0.05) is 16.8 Å². The highest BCUT2D eigenvalue weighted by Gasteiger charge is 2.07. The van der Waals surface area contributed by atoms with Gasteiger partial charge in [-0.3, -0.25) is 4.79 Å². The molecule has 27 heavy (non-hydrogen) atoms. The summed E-state index contributed by atoms with van der Waals surface area (Å²) < 4.78 is 5.79. The van der Waals surface area contributed by atoms with Crippen LogP contribution in [0.3, 0.4) is 0 Å². The zero-order valence-corrected chi connectivity index (χ0v) is 15.9. The molecule has 0 bridgehead atoms. The fourth-order valence-electron chi connectivity index (χ4n) is 2.40. The van der Waals surface area contributed by atoms with Crippen molar-refractivity contribution in [3.8, 4) is 5.75 Å². The zero-order valence-electron chi connectivity index (χ0n) is 14.4. The van der Waals surface area contributed by atoms with Crippen LogP contribution in [0.4, 0.5) is 11.4 Å². The largest absolute Gasteiger partial charge is 0.489 e. The SMILES string of the molecule is O=C(CNc1cccc(OCc2ccccc2)c1)Nc1ccc(Cl)cc1Cl. The minimum absolute atomic E-state index is 0.0983. The Balaban J connectivity index is 1.52. The van der Waals surface area contributed by atoms with Crippen molar-refractivity contribution >= 4 is 40.5 Å². The van der Waals surface area contributed by atoms with Crippen molar-refractivity contribution in [1.82, 2.24) is 0 Å². The minimum Gasteiger partial charge on any atom is -0.489 e. The van der Waals surface area contributed by atoms with E-state index in [0.717, 1.165) is 17.0 Å². The lowest BCUT2D eigenvalue weighted by Crippen LogP contribution is -2.21. The van der Waals surface area contributed by atoms with Gasteiger partial charge in [0.1, 0.15) is 12.4 Å². The number of hydrogen-bond donors (Lipinski definition) is 2. The van der Waals surface area contributed by atoms with E-state index in [2.05, 4.69) is 10.6 Å². The van der Waals surface area contributed by atoms with Crippen molar-refractivity contribution in [2.45, 2.75) is 6.61 Å². The monoisotopic (exact) mass is 400 g/mol. The molecule has 3 aromatic rings. The average Bonchev–Trinajstić information content (AvgIpc) is 2.68. The number of hydrogen-bond acceptors (Lipinski definition) is 3. The number of carbonyl (C=O) groups excluding carboxylic acids is 1. The summed E-state index contributed by atoms with van der Waals surface area (Å²) in [6, 6.07) is 22.3. The van der Waals surface area contributed by atoms with Crippen LogP contribution in [-0.4, -0.2) is 12.5 Å². The molecule has 0 atom stereocenters. The minimum atomic E-state index is -0.213. The Bertz CT molecular complexity index is 917. The Morgan fingerprint density at radius 1 is 0.926 bits per heavy atom. The molecular formula is C21H18Cl2N2O2. The molecule has 3 aromatic carbocycles. The standard InChI is InChI=1S/C21H18Cl2N2O2/c22-16-9-10-20(19(23)11-16)25-21(26)13-24-17-7-4-8-18(12-17)27-14-15-5-2-1-3-6-15/h1-12,24H,13-14H2,(H,25,26). The van der Waals surface area contributed by atoms with Crippen LogP contribution in [0.2, 0.25) is 10.0 Å². The van der Waals surface area contributed by atoms with E-state index in [4.69, 9.17) is 27.9 Å². The molecule has 0 aliphatic carbocycles. The Hall–Kier alpha value is -2.69. The fraction of sp³-hybridized carbons (Fsp3) is 0.0952. The molecule has 0 heterocycles. The van der Waals surface area contributed by atoms with Gasteiger partial charge in [0.25, 0.3) is 0 Å². The summed E-state index contributed by atoms with van der Waals surface area (Å²) in [5.74, 6) is 0.514. The molecule has 3 rings (SSSR count). The molecule has 0 saturated heterocycles. The van der Waals surface area contributed by atoms with E-state index in [9.17, 15) is 4.79 Å². The lowest BCUT2D eigenvalue weighted by atomic mass is 10.2. The summed E-state index contributed by atoms with van der Waals surface area (Å²) in [7, 11) is 0. The van der Waals surface area contributed by atoms with Gasteiger partial charge in [-0.1, -0.05) is 59.6 Å². The van der Waals surface area contributed by atoms with Gasteiger partial charge < -0.3 is 15.4 Å². The maximum atomic E-state index is 12.1. The van der Waals surface area contributed by atoms with E-state index in [1.165, 1.54) is 0 Å². The van der Waals surface area contributed by atoms with Crippen molar-refractivity contribution in [2.75, 3.05) is 17.2 Å². The normalized spacial score (nSPS) is 10.3. The number of carbonyl (C=O) groups is 1. The van der Waals surface area contributed by atoms with Gasteiger partial charge in [-0.25, -0.2) is 0 Å². The van der Waals surface area contributed by atoms with Gasteiger partial charge >= 0.3 is 0 Å². The molecule has 138 valence electrons. The average molecular weight is 401 g/mol. The maximum absolute atomic E-state index is 12.1. The summed E-state index contributed by atoms with van der Waals surface area (Å²) in [4.78, 5) is 12.1. The highest BCUT2D eigenvalue weighted by atomic mass is 35.5. The molecule has 0 aliphatic heterocycles. The smallest absolute Gasteiger partial charge is 0.243 e. The van der Waals surface area contributed by atoms with Crippen molar-refractivity contribution in [3.05, 3.63) is 88.4 Å². The molecule has 1 amide bonds. The van der Waals surface area contributed by atoms with Gasteiger partial charge in [-0.05, 0) is 35.9 Å². The van der Waals surface area contributed by atoms with Crippen LogP contribution in [-0.2, 0) is 11.4 Å². The Morgan fingerprint density at radius 3 is 2.52 bits per heavy atom. The number of nitrogens with one attached hydrogen (secondary N) is 2. The summed E-state index contributed by atoms with van der Waals surface area (Å²) in [5.41, 5.74) is 2.40. The van der Waals surface area contributed by atoms with Gasteiger partial charge in [-0.15, -0.1) is 0 Å². The number of rotatable bonds is 7. The van der Waals surface area contributed by atoms with Crippen molar-refractivity contribution in [3.63, 3.8) is 0 Å². The predicted octanol–water partition coefficient (Wildman–Crippen LogP) is 5.62. The van der Waals surface area contributed by atoms with Crippen LogP contribution in [0.15, 0.2) is 72.8 Å². The second-order valence-electron chi connectivity index (χ2n) is 5.83. The molecule has 2 N–H and O–H groups in total. The number of halogens is 2. The molecule has 0 fully saturated rings. The second kappa shape index (κ2) is 9.31. The third kappa shape index (κ3) is 5.91. The van der Waals surface area contributed by atoms with E-state index in [1.807, 2.05) is 54.6 Å². The first kappa shape index (κ1) is 19.1. The number of amides is 1. The molecule has 0 saturated carbocycles. The van der Waals surface area contributed by atoms with Crippen LogP contribution in [0.5, 0.6) is 5.75 Å². The predicted molar refractivity (Wildman–Crippen MR) is 111 cm³/mol. The Kier molecular flexibility index (Phi) is 6.58. The molecule has 0 unspecified atom stereocenters. The van der Waals surface area contributed by atoms with Crippen LogP contribution < -0.4 is 15.4 Å². The topological polar surface area (TPSA) is 50.4 Å². The van der Waals surface area contributed by atoms with Gasteiger partial charge in [0.05, 0.1) is 17.3 Å². The molecule has 0 spiro atoms. The quantitative estimate of drug-likeness (QED) is 0.540. The van der Waals surface area contributed by atoms with Gasteiger partial charge in [0.15, 0.2) is 0 Å². The van der Waals surface area contributed by atoms with Crippen LogP contribution in [0.25, 0.3) is 0 Å². The van der Waals surface area contributed by atoms with Gasteiger partial charge in [-0.2, -0.15) is 0 Å². The van der Waals surface area contributed by atoms with Crippen LogP contribution >= 0.6 is 23.2 Å². The fourth-order valence-corrected chi connectivity index (χ4v) is 2.86. The molecule has 6 heteroatoms. The van der Waals surface area contributed by atoms with Gasteiger partial charge in [0.2, 0.25) is 5.91 Å². The summed E-state index contributed by atoms with van der Waals surface area (Å²) in [6.07, 6.45) is 0. The van der Waals surface area contributed by atoms with E-state index in [1.54, 1.807) is 18.2 Å². The molecule has 0 radical (unpaired) electrons.